The highest BCUT2D eigenvalue weighted by molar-refractivity contribution is 5.80. The second-order valence-corrected chi connectivity index (χ2v) is 7.30. The van der Waals surface area contributed by atoms with Gasteiger partial charge in [-0.1, -0.05) is 24.3 Å². The largest absolute Gasteiger partial charge is 0.497 e. The molecule has 0 bridgehead atoms. The van der Waals surface area contributed by atoms with Crippen molar-refractivity contribution in [1.82, 2.24) is 10.2 Å². The Kier molecular flexibility index (Phi) is 7.36. The zero-order valence-electron chi connectivity index (χ0n) is 17.6. The molecule has 6 nitrogen and oxygen atoms in total. The Labute approximate surface area is 173 Å². The molecule has 0 amide bonds. The molecule has 1 saturated heterocycles. The summed E-state index contributed by atoms with van der Waals surface area (Å²) in [5.74, 6) is 1.65. The highest BCUT2D eigenvalue weighted by Crippen LogP contribution is 2.19. The van der Waals surface area contributed by atoms with Gasteiger partial charge in [0.05, 0.1) is 19.8 Å². The van der Waals surface area contributed by atoms with Crippen LogP contribution in [0.3, 0.4) is 0 Å². The lowest BCUT2D eigenvalue weighted by atomic mass is 10.1. The molecule has 0 aliphatic carbocycles. The predicted molar refractivity (Wildman–Crippen MR) is 119 cm³/mol. The van der Waals surface area contributed by atoms with E-state index >= 15 is 0 Å². The first-order valence-electron chi connectivity index (χ1n) is 10.3. The normalized spacial score (nSPS) is 15.9. The van der Waals surface area contributed by atoms with Gasteiger partial charge in [0.15, 0.2) is 5.96 Å². The third kappa shape index (κ3) is 5.64. The summed E-state index contributed by atoms with van der Waals surface area (Å²) in [6.45, 7) is 9.03. The summed E-state index contributed by atoms with van der Waals surface area (Å²) in [6, 6.07) is 16.1. The van der Waals surface area contributed by atoms with Crippen LogP contribution in [0.5, 0.6) is 5.75 Å². The minimum absolute atomic E-state index is 0.326. The third-order valence-electron chi connectivity index (χ3n) is 5.20. The van der Waals surface area contributed by atoms with Crippen molar-refractivity contribution in [3.8, 4) is 5.75 Å². The lowest BCUT2D eigenvalue weighted by molar-refractivity contribution is 0.186. The summed E-state index contributed by atoms with van der Waals surface area (Å²) in [6.07, 6.45) is -0.636. The van der Waals surface area contributed by atoms with Crippen molar-refractivity contribution < 1.29 is 9.84 Å². The molecule has 3 rings (SSSR count). The SMILES string of the molecule is CCNC(=NCC(O)c1ccc(OC)cc1)N1CCN(c2cccc(C)c2)CC1. The molecular formula is C23H32N4O2. The number of ether oxygens (including phenoxy) is 1. The molecule has 0 spiro atoms. The van der Waals surface area contributed by atoms with E-state index in [0.717, 1.165) is 50.0 Å². The van der Waals surface area contributed by atoms with Crippen molar-refractivity contribution >= 4 is 11.6 Å². The smallest absolute Gasteiger partial charge is 0.194 e. The van der Waals surface area contributed by atoms with E-state index in [1.165, 1.54) is 11.3 Å². The summed E-state index contributed by atoms with van der Waals surface area (Å²) < 4.78 is 5.18. The average Bonchev–Trinajstić information content (AvgIpc) is 2.76. The van der Waals surface area contributed by atoms with Crippen LogP contribution >= 0.6 is 0 Å². The highest BCUT2D eigenvalue weighted by atomic mass is 16.5. The Hall–Kier alpha value is -2.73. The molecule has 0 saturated carbocycles. The van der Waals surface area contributed by atoms with Crippen LogP contribution in [-0.2, 0) is 0 Å². The number of aliphatic hydroxyl groups is 1. The van der Waals surface area contributed by atoms with Crippen molar-refractivity contribution in [3.05, 3.63) is 59.7 Å². The number of guanidine groups is 1. The standard InChI is InChI=1S/C23H32N4O2/c1-4-24-23(25-17-22(28)19-8-10-21(29-3)11-9-19)27-14-12-26(13-15-27)20-7-5-6-18(2)16-20/h5-11,16,22,28H,4,12-15,17H2,1-3H3,(H,24,25). The van der Waals surface area contributed by atoms with Crippen LogP contribution in [0.4, 0.5) is 5.69 Å². The summed E-state index contributed by atoms with van der Waals surface area (Å²) in [4.78, 5) is 9.39. The van der Waals surface area contributed by atoms with E-state index in [-0.39, 0.29) is 0 Å². The molecule has 1 unspecified atom stereocenters. The Morgan fingerprint density at radius 2 is 1.86 bits per heavy atom. The fourth-order valence-electron chi connectivity index (χ4n) is 3.53. The molecule has 1 heterocycles. The van der Waals surface area contributed by atoms with Gasteiger partial charge in [0.25, 0.3) is 0 Å². The molecule has 29 heavy (non-hydrogen) atoms. The number of nitrogens with one attached hydrogen (secondary N) is 1. The van der Waals surface area contributed by atoms with Gasteiger partial charge in [-0.2, -0.15) is 0 Å². The molecule has 2 aromatic rings. The van der Waals surface area contributed by atoms with Gasteiger partial charge >= 0.3 is 0 Å². The second-order valence-electron chi connectivity index (χ2n) is 7.30. The van der Waals surface area contributed by atoms with E-state index < -0.39 is 6.10 Å². The van der Waals surface area contributed by atoms with Gasteiger partial charge in [0, 0.05) is 38.4 Å². The van der Waals surface area contributed by atoms with E-state index in [1.807, 2.05) is 24.3 Å². The monoisotopic (exact) mass is 396 g/mol. The quantitative estimate of drug-likeness (QED) is 0.581. The summed E-state index contributed by atoms with van der Waals surface area (Å²) >= 11 is 0. The maximum atomic E-state index is 10.5. The third-order valence-corrected chi connectivity index (χ3v) is 5.20. The number of methoxy groups -OCH3 is 1. The van der Waals surface area contributed by atoms with Crippen LogP contribution in [0.2, 0.25) is 0 Å². The zero-order valence-corrected chi connectivity index (χ0v) is 17.6. The van der Waals surface area contributed by atoms with Gasteiger partial charge in [-0.25, -0.2) is 0 Å². The van der Waals surface area contributed by atoms with Crippen molar-refractivity contribution in [2.45, 2.75) is 20.0 Å². The Morgan fingerprint density at radius 1 is 1.14 bits per heavy atom. The number of aliphatic hydroxyl groups excluding tert-OH is 1. The second kappa shape index (κ2) is 10.2. The first-order valence-corrected chi connectivity index (χ1v) is 10.3. The zero-order chi connectivity index (χ0) is 20.6. The number of hydrogen-bond donors (Lipinski definition) is 2. The molecule has 0 radical (unpaired) electrons. The molecule has 0 aromatic heterocycles. The van der Waals surface area contributed by atoms with Gasteiger partial charge < -0.3 is 25.0 Å². The van der Waals surface area contributed by atoms with Gasteiger partial charge in [0.1, 0.15) is 5.75 Å². The molecular weight excluding hydrogens is 364 g/mol. The Balaban J connectivity index is 1.60. The minimum atomic E-state index is -0.636. The van der Waals surface area contributed by atoms with E-state index in [4.69, 9.17) is 9.73 Å². The number of nitrogens with zero attached hydrogens (tertiary/aromatic N) is 3. The average molecular weight is 397 g/mol. The fourth-order valence-corrected chi connectivity index (χ4v) is 3.53. The molecule has 1 fully saturated rings. The van der Waals surface area contributed by atoms with Crippen LogP contribution < -0.4 is 15.0 Å². The summed E-state index contributed by atoms with van der Waals surface area (Å²) in [5, 5.41) is 13.9. The number of benzene rings is 2. The maximum absolute atomic E-state index is 10.5. The van der Waals surface area contributed by atoms with Gasteiger partial charge in [0.2, 0.25) is 0 Å². The number of hydrogen-bond acceptors (Lipinski definition) is 4. The van der Waals surface area contributed by atoms with Gasteiger partial charge in [-0.15, -0.1) is 0 Å². The van der Waals surface area contributed by atoms with Crippen LogP contribution in [0.15, 0.2) is 53.5 Å². The number of aryl methyl sites for hydroxylation is 1. The Morgan fingerprint density at radius 3 is 2.48 bits per heavy atom. The topological polar surface area (TPSA) is 60.3 Å². The highest BCUT2D eigenvalue weighted by Gasteiger charge is 2.20. The van der Waals surface area contributed by atoms with Crippen LogP contribution in [-0.4, -0.2) is 62.3 Å². The molecule has 6 heteroatoms. The van der Waals surface area contributed by atoms with Crippen molar-refractivity contribution in [1.29, 1.82) is 0 Å². The molecule has 1 atom stereocenters. The maximum Gasteiger partial charge on any atom is 0.194 e. The van der Waals surface area contributed by atoms with Crippen molar-refractivity contribution in [2.24, 2.45) is 4.99 Å². The fraction of sp³-hybridized carbons (Fsp3) is 0.435. The van der Waals surface area contributed by atoms with Gasteiger partial charge in [-0.05, 0) is 49.2 Å². The summed E-state index contributed by atoms with van der Waals surface area (Å²) in [7, 11) is 1.64. The molecule has 1 aliphatic heterocycles. The number of piperazine rings is 1. The first kappa shape index (κ1) is 21.0. The van der Waals surface area contributed by atoms with E-state index in [2.05, 4.69) is 53.2 Å². The molecule has 2 N–H and O–H groups in total. The van der Waals surface area contributed by atoms with E-state index in [9.17, 15) is 5.11 Å². The molecule has 1 aliphatic rings. The lowest BCUT2D eigenvalue weighted by Gasteiger charge is -2.38. The minimum Gasteiger partial charge on any atom is -0.497 e. The Bertz CT molecular complexity index is 799. The predicted octanol–water partition coefficient (Wildman–Crippen LogP) is 2.82. The van der Waals surface area contributed by atoms with E-state index in [0.29, 0.717) is 6.54 Å². The van der Waals surface area contributed by atoms with Crippen LogP contribution in [0.25, 0.3) is 0 Å². The van der Waals surface area contributed by atoms with E-state index in [1.54, 1.807) is 7.11 Å². The van der Waals surface area contributed by atoms with Crippen LogP contribution in [0, 0.1) is 6.92 Å². The number of aliphatic imine (C=N–C) groups is 1. The molecule has 2 aromatic carbocycles. The molecule has 156 valence electrons. The number of rotatable bonds is 6. The van der Waals surface area contributed by atoms with Crippen LogP contribution in [0.1, 0.15) is 24.2 Å². The first-order chi connectivity index (χ1) is 14.1. The van der Waals surface area contributed by atoms with Crippen molar-refractivity contribution in [3.63, 3.8) is 0 Å². The van der Waals surface area contributed by atoms with Gasteiger partial charge in [-0.3, -0.25) is 4.99 Å². The summed E-state index contributed by atoms with van der Waals surface area (Å²) in [5.41, 5.74) is 3.41. The van der Waals surface area contributed by atoms with Crippen molar-refractivity contribution in [2.75, 3.05) is 51.3 Å². The number of anilines is 1. The lowest BCUT2D eigenvalue weighted by Crippen LogP contribution is -2.52.